The molecular formula is C13H13N3O2. The monoisotopic (exact) mass is 243 g/mol. The van der Waals surface area contributed by atoms with E-state index in [9.17, 15) is 4.79 Å². The number of nitrogen functional groups attached to an aromatic ring is 3. The average molecular weight is 243 g/mol. The molecule has 0 spiro atoms. The zero-order valence-corrected chi connectivity index (χ0v) is 9.59. The Hall–Kier alpha value is -2.69. The molecule has 2 rings (SSSR count). The number of anilines is 3. The topological polar surface area (TPSA) is 104 Å². The van der Waals surface area contributed by atoms with Crippen molar-refractivity contribution in [3.05, 3.63) is 48.0 Å². The highest BCUT2D eigenvalue weighted by molar-refractivity contribution is 5.93. The summed E-state index contributed by atoms with van der Waals surface area (Å²) in [5, 5.41) is 0. The number of nitrogens with two attached hydrogens (primary N) is 3. The first-order chi connectivity index (χ1) is 8.54. The first kappa shape index (κ1) is 11.8. The van der Waals surface area contributed by atoms with Crippen LogP contribution in [-0.4, -0.2) is 5.97 Å². The Morgan fingerprint density at radius 1 is 0.833 bits per heavy atom. The van der Waals surface area contributed by atoms with Crippen LogP contribution in [0.5, 0.6) is 5.75 Å². The summed E-state index contributed by atoms with van der Waals surface area (Å²) in [6.07, 6.45) is 0. The van der Waals surface area contributed by atoms with Crippen molar-refractivity contribution in [2.75, 3.05) is 17.2 Å². The van der Waals surface area contributed by atoms with E-state index in [-0.39, 0.29) is 0 Å². The van der Waals surface area contributed by atoms with Gasteiger partial charge in [-0.2, -0.15) is 0 Å². The number of carbonyl (C=O) groups is 1. The molecule has 0 unspecified atom stereocenters. The van der Waals surface area contributed by atoms with Crippen LogP contribution < -0.4 is 21.9 Å². The van der Waals surface area contributed by atoms with Crippen LogP contribution in [0, 0.1) is 0 Å². The number of esters is 1. The zero-order chi connectivity index (χ0) is 13.1. The molecule has 5 heteroatoms. The lowest BCUT2D eigenvalue weighted by molar-refractivity contribution is 0.0735. The second kappa shape index (κ2) is 4.67. The largest absolute Gasteiger partial charge is 0.423 e. The fourth-order valence-corrected chi connectivity index (χ4v) is 1.50. The van der Waals surface area contributed by atoms with Gasteiger partial charge < -0.3 is 21.9 Å². The summed E-state index contributed by atoms with van der Waals surface area (Å²) in [4.78, 5) is 11.8. The van der Waals surface area contributed by atoms with Gasteiger partial charge in [0.15, 0.2) is 0 Å². The lowest BCUT2D eigenvalue weighted by Gasteiger charge is -2.06. The van der Waals surface area contributed by atoms with E-state index in [1.165, 1.54) is 12.1 Å². The maximum atomic E-state index is 11.8. The molecule has 0 saturated heterocycles. The van der Waals surface area contributed by atoms with E-state index in [0.717, 1.165) is 0 Å². The summed E-state index contributed by atoms with van der Waals surface area (Å²) < 4.78 is 5.16. The highest BCUT2D eigenvalue weighted by Gasteiger charge is 2.09. The molecule has 0 saturated carbocycles. The second-order valence-electron chi connectivity index (χ2n) is 3.85. The Morgan fingerprint density at radius 3 is 1.94 bits per heavy atom. The van der Waals surface area contributed by atoms with Crippen LogP contribution in [0.4, 0.5) is 17.1 Å². The van der Waals surface area contributed by atoms with Gasteiger partial charge in [-0.05, 0) is 42.5 Å². The van der Waals surface area contributed by atoms with E-state index in [0.29, 0.717) is 28.4 Å². The van der Waals surface area contributed by atoms with Crippen LogP contribution in [0.15, 0.2) is 42.5 Å². The highest BCUT2D eigenvalue weighted by atomic mass is 16.5. The van der Waals surface area contributed by atoms with Crippen LogP contribution >= 0.6 is 0 Å². The van der Waals surface area contributed by atoms with Gasteiger partial charge >= 0.3 is 5.97 Å². The van der Waals surface area contributed by atoms with Crippen LogP contribution in [0.3, 0.4) is 0 Å². The van der Waals surface area contributed by atoms with E-state index >= 15 is 0 Å². The average Bonchev–Trinajstić information content (AvgIpc) is 2.31. The molecule has 0 aliphatic heterocycles. The fraction of sp³-hybridized carbons (Fsp3) is 0. The number of benzene rings is 2. The van der Waals surface area contributed by atoms with Gasteiger partial charge in [-0.1, -0.05) is 0 Å². The third-order valence-corrected chi connectivity index (χ3v) is 2.30. The summed E-state index contributed by atoms with van der Waals surface area (Å²) in [5.41, 5.74) is 18.5. The molecule has 0 aromatic heterocycles. The Balaban J connectivity index is 2.19. The lowest BCUT2D eigenvalue weighted by Crippen LogP contribution is -2.09. The molecule has 0 bridgehead atoms. The van der Waals surface area contributed by atoms with Gasteiger partial charge in [-0.3, -0.25) is 0 Å². The maximum Gasteiger partial charge on any atom is 0.343 e. The second-order valence-corrected chi connectivity index (χ2v) is 3.85. The Kier molecular flexibility index (Phi) is 3.05. The first-order valence-corrected chi connectivity index (χ1v) is 5.28. The normalized spacial score (nSPS) is 10.0. The maximum absolute atomic E-state index is 11.8. The molecule has 0 radical (unpaired) electrons. The SMILES string of the molecule is Nc1ccc(OC(=O)c2cc(N)cc(N)c2)cc1. The lowest BCUT2D eigenvalue weighted by atomic mass is 10.2. The molecular weight excluding hydrogens is 230 g/mol. The summed E-state index contributed by atoms with van der Waals surface area (Å²) >= 11 is 0. The summed E-state index contributed by atoms with van der Waals surface area (Å²) in [6, 6.07) is 11.1. The van der Waals surface area contributed by atoms with Crippen molar-refractivity contribution in [1.82, 2.24) is 0 Å². The molecule has 2 aromatic carbocycles. The van der Waals surface area contributed by atoms with Gasteiger partial charge in [0.05, 0.1) is 5.56 Å². The van der Waals surface area contributed by atoms with Crippen molar-refractivity contribution < 1.29 is 9.53 Å². The van der Waals surface area contributed by atoms with Gasteiger partial charge in [0.1, 0.15) is 5.75 Å². The Labute approximate surface area is 104 Å². The van der Waals surface area contributed by atoms with Gasteiger partial charge in [0, 0.05) is 17.1 Å². The molecule has 0 aliphatic carbocycles. The molecule has 0 amide bonds. The van der Waals surface area contributed by atoms with E-state index in [1.54, 1.807) is 30.3 Å². The molecule has 2 aromatic rings. The highest BCUT2D eigenvalue weighted by Crippen LogP contribution is 2.18. The molecule has 0 heterocycles. The number of rotatable bonds is 2. The van der Waals surface area contributed by atoms with Gasteiger partial charge in [0.2, 0.25) is 0 Å². The summed E-state index contributed by atoms with van der Waals surface area (Å²) in [5.74, 6) is -0.103. The minimum Gasteiger partial charge on any atom is -0.423 e. The van der Waals surface area contributed by atoms with Crippen LogP contribution in [-0.2, 0) is 0 Å². The molecule has 5 nitrogen and oxygen atoms in total. The number of ether oxygens (including phenoxy) is 1. The molecule has 92 valence electrons. The van der Waals surface area contributed by atoms with E-state index in [2.05, 4.69) is 0 Å². The van der Waals surface area contributed by atoms with E-state index in [4.69, 9.17) is 21.9 Å². The third kappa shape index (κ3) is 2.70. The minimum atomic E-state index is -0.515. The quantitative estimate of drug-likeness (QED) is 0.422. The van der Waals surface area contributed by atoms with Crippen molar-refractivity contribution >= 4 is 23.0 Å². The van der Waals surface area contributed by atoms with Crippen molar-refractivity contribution in [3.8, 4) is 5.75 Å². The smallest absolute Gasteiger partial charge is 0.343 e. The molecule has 0 atom stereocenters. The first-order valence-electron chi connectivity index (χ1n) is 5.28. The van der Waals surface area contributed by atoms with Crippen molar-refractivity contribution in [3.63, 3.8) is 0 Å². The third-order valence-electron chi connectivity index (χ3n) is 2.30. The van der Waals surface area contributed by atoms with Gasteiger partial charge in [-0.15, -0.1) is 0 Å². The Bertz CT molecular complexity index is 559. The number of hydrogen-bond donors (Lipinski definition) is 3. The molecule has 0 fully saturated rings. The molecule has 6 N–H and O–H groups in total. The summed E-state index contributed by atoms with van der Waals surface area (Å²) in [7, 11) is 0. The Morgan fingerprint density at radius 2 is 1.39 bits per heavy atom. The zero-order valence-electron chi connectivity index (χ0n) is 9.59. The van der Waals surface area contributed by atoms with E-state index < -0.39 is 5.97 Å². The van der Waals surface area contributed by atoms with Crippen LogP contribution in [0.1, 0.15) is 10.4 Å². The molecule has 18 heavy (non-hydrogen) atoms. The van der Waals surface area contributed by atoms with Crippen molar-refractivity contribution in [2.24, 2.45) is 0 Å². The number of carbonyl (C=O) groups excluding carboxylic acids is 1. The number of hydrogen-bond acceptors (Lipinski definition) is 5. The standard InChI is InChI=1S/C13H13N3O2/c14-9-1-3-12(4-2-9)18-13(17)8-5-10(15)7-11(16)6-8/h1-7H,14-16H2. The van der Waals surface area contributed by atoms with E-state index in [1.807, 2.05) is 0 Å². The fourth-order valence-electron chi connectivity index (χ4n) is 1.50. The van der Waals surface area contributed by atoms with Crippen molar-refractivity contribution in [2.45, 2.75) is 0 Å². The van der Waals surface area contributed by atoms with Gasteiger partial charge in [0.25, 0.3) is 0 Å². The minimum absolute atomic E-state index is 0.310. The van der Waals surface area contributed by atoms with Gasteiger partial charge in [-0.25, -0.2) is 4.79 Å². The molecule has 0 aliphatic rings. The predicted molar refractivity (Wildman–Crippen MR) is 71.1 cm³/mol. The predicted octanol–water partition coefficient (Wildman–Crippen LogP) is 1.65. The summed E-state index contributed by atoms with van der Waals surface area (Å²) in [6.45, 7) is 0. The van der Waals surface area contributed by atoms with Crippen LogP contribution in [0.2, 0.25) is 0 Å². The van der Waals surface area contributed by atoms with Crippen molar-refractivity contribution in [1.29, 1.82) is 0 Å². The van der Waals surface area contributed by atoms with Crippen LogP contribution in [0.25, 0.3) is 0 Å².